The molecule has 1 aromatic carbocycles. The van der Waals surface area contributed by atoms with E-state index in [1.807, 2.05) is 20.8 Å². The summed E-state index contributed by atoms with van der Waals surface area (Å²) in [7, 11) is 1.78. The average Bonchev–Trinajstić information content (AvgIpc) is 3.46. The Labute approximate surface area is 219 Å². The maximum Gasteiger partial charge on any atom is 0.163 e. The summed E-state index contributed by atoms with van der Waals surface area (Å²) in [6, 6.07) is 5.30. The Hall–Kier alpha value is -3.60. The first-order valence-electron chi connectivity index (χ1n) is 12.0. The van der Waals surface area contributed by atoms with Crippen molar-refractivity contribution >= 4 is 17.4 Å². The van der Waals surface area contributed by atoms with E-state index in [0.717, 1.165) is 39.7 Å². The molecule has 10 nitrogen and oxygen atoms in total. The van der Waals surface area contributed by atoms with Crippen LogP contribution in [-0.2, 0) is 13.1 Å². The van der Waals surface area contributed by atoms with Gasteiger partial charge in [0.2, 0.25) is 0 Å². The number of nitrogens with zero attached hydrogens (tertiary/aromatic N) is 6. The van der Waals surface area contributed by atoms with Crippen molar-refractivity contribution in [2.24, 2.45) is 0 Å². The first kappa shape index (κ1) is 25.1. The van der Waals surface area contributed by atoms with Crippen LogP contribution in [0.2, 0.25) is 5.02 Å². The summed E-state index contributed by atoms with van der Waals surface area (Å²) in [6.45, 7) is 7.49. The summed E-state index contributed by atoms with van der Waals surface area (Å²) in [5.74, 6) is 2.43. The Morgan fingerprint density at radius 3 is 2.51 bits per heavy atom. The molecular weight excluding hydrogens is 494 g/mol. The molecule has 192 valence electrons. The Bertz CT molecular complexity index is 1400. The molecule has 4 heterocycles. The van der Waals surface area contributed by atoms with Crippen molar-refractivity contribution in [1.29, 1.82) is 0 Å². The number of aromatic nitrogens is 5. The minimum atomic E-state index is -0.642. The predicted octanol–water partition coefficient (Wildman–Crippen LogP) is 3.65. The van der Waals surface area contributed by atoms with Gasteiger partial charge < -0.3 is 24.6 Å². The molecular formula is C26H28ClN7O3. The lowest BCUT2D eigenvalue weighted by Crippen LogP contribution is -2.29. The number of ether oxygens (including phenoxy) is 1. The second-order valence-corrected chi connectivity index (χ2v) is 9.42. The zero-order valence-corrected chi connectivity index (χ0v) is 21.9. The third kappa shape index (κ3) is 5.00. The molecule has 0 aliphatic carbocycles. The molecule has 4 aromatic rings. The minimum absolute atomic E-state index is 0.137. The van der Waals surface area contributed by atoms with Crippen molar-refractivity contribution in [2.45, 2.75) is 40.0 Å². The number of benzene rings is 1. The lowest BCUT2D eigenvalue weighted by molar-refractivity contribution is 0.108. The number of hydrogen-bond donors (Lipinski definition) is 2. The molecule has 0 spiro atoms. The smallest absolute Gasteiger partial charge is 0.163 e. The van der Waals surface area contributed by atoms with Gasteiger partial charge in [-0.25, -0.2) is 9.97 Å². The second kappa shape index (κ2) is 10.4. The van der Waals surface area contributed by atoms with Crippen LogP contribution >= 0.6 is 11.6 Å². The number of anilines is 1. The molecule has 1 aliphatic rings. The number of likely N-dealkylation sites (N-methyl/N-ethyl adjacent to an activating group) is 1. The van der Waals surface area contributed by atoms with Gasteiger partial charge >= 0.3 is 0 Å². The van der Waals surface area contributed by atoms with Gasteiger partial charge in [0.25, 0.3) is 0 Å². The zero-order chi connectivity index (χ0) is 26.1. The van der Waals surface area contributed by atoms with Gasteiger partial charge in [0.05, 0.1) is 46.5 Å². The average molecular weight is 522 g/mol. The normalized spacial score (nSPS) is 13.6. The molecule has 0 amide bonds. The molecule has 37 heavy (non-hydrogen) atoms. The van der Waals surface area contributed by atoms with Crippen LogP contribution in [-0.4, -0.2) is 56.5 Å². The van der Waals surface area contributed by atoms with Crippen LogP contribution in [0.25, 0.3) is 22.6 Å². The van der Waals surface area contributed by atoms with E-state index in [9.17, 15) is 5.11 Å². The fraction of sp³-hybridized carbons (Fsp3) is 0.346. The fourth-order valence-electron chi connectivity index (χ4n) is 4.48. The highest BCUT2D eigenvalue weighted by Gasteiger charge is 2.28. The van der Waals surface area contributed by atoms with Crippen LogP contribution in [0.5, 0.6) is 5.75 Å². The van der Waals surface area contributed by atoms with Gasteiger partial charge in [-0.2, -0.15) is 0 Å². The highest BCUT2D eigenvalue weighted by Crippen LogP contribution is 2.38. The van der Waals surface area contributed by atoms with E-state index in [1.165, 1.54) is 0 Å². The molecule has 0 saturated carbocycles. The molecule has 0 unspecified atom stereocenters. The molecule has 11 heteroatoms. The van der Waals surface area contributed by atoms with E-state index in [0.29, 0.717) is 47.6 Å². The number of halogens is 1. The number of aryl methyl sites for hydroxylation is 2. The van der Waals surface area contributed by atoms with Gasteiger partial charge in [-0.1, -0.05) is 16.8 Å². The molecule has 3 aromatic heterocycles. The first-order chi connectivity index (χ1) is 17.9. The highest BCUT2D eigenvalue weighted by molar-refractivity contribution is 6.33. The zero-order valence-electron chi connectivity index (χ0n) is 21.1. The molecule has 0 radical (unpaired) electrons. The van der Waals surface area contributed by atoms with Crippen LogP contribution < -0.4 is 15.0 Å². The van der Waals surface area contributed by atoms with Crippen molar-refractivity contribution in [3.8, 4) is 28.4 Å². The van der Waals surface area contributed by atoms with Crippen molar-refractivity contribution in [3.63, 3.8) is 0 Å². The van der Waals surface area contributed by atoms with E-state index in [2.05, 4.69) is 25.3 Å². The topological polar surface area (TPSA) is 122 Å². The maximum atomic E-state index is 10.0. The van der Waals surface area contributed by atoms with Gasteiger partial charge in [0.1, 0.15) is 30.0 Å². The number of aliphatic hydroxyl groups is 1. The van der Waals surface area contributed by atoms with Gasteiger partial charge in [-0.3, -0.25) is 9.97 Å². The summed E-state index contributed by atoms with van der Waals surface area (Å²) in [4.78, 5) is 21.0. The van der Waals surface area contributed by atoms with Crippen LogP contribution in [0, 0.1) is 20.8 Å². The van der Waals surface area contributed by atoms with Crippen LogP contribution in [0.4, 0.5) is 5.82 Å². The maximum absolute atomic E-state index is 10.0. The molecule has 5 rings (SSSR count). The summed E-state index contributed by atoms with van der Waals surface area (Å²) in [5.41, 5.74) is 5.65. The van der Waals surface area contributed by atoms with Gasteiger partial charge in [-0.05, 0) is 46.0 Å². The fourth-order valence-corrected chi connectivity index (χ4v) is 4.68. The Morgan fingerprint density at radius 1 is 1.14 bits per heavy atom. The van der Waals surface area contributed by atoms with Crippen molar-refractivity contribution in [3.05, 3.63) is 64.0 Å². The number of hydrogen-bond acceptors (Lipinski definition) is 10. The van der Waals surface area contributed by atoms with E-state index >= 15 is 0 Å². The minimum Gasteiger partial charge on any atom is -0.491 e. The number of fused-ring (bicyclic) bond motifs is 1. The largest absolute Gasteiger partial charge is 0.491 e. The molecule has 0 fully saturated rings. The quantitative estimate of drug-likeness (QED) is 0.355. The van der Waals surface area contributed by atoms with Crippen LogP contribution in [0.15, 0.2) is 35.1 Å². The molecule has 0 bridgehead atoms. The van der Waals surface area contributed by atoms with E-state index in [-0.39, 0.29) is 6.61 Å². The third-order valence-electron chi connectivity index (χ3n) is 6.29. The standard InChI is InChI=1S/C26H28ClN7O3/c1-14-24(23-15(2)33-37-16(23)3)31-25(32-26(14)34-11-21-22(12-34)30-8-7-29-21)19-9-18(5-6-20(19)27)36-13-17(35)10-28-4/h5-9,17,28,35H,10-13H2,1-4H3/t17-/m1/s1. The lowest BCUT2D eigenvalue weighted by atomic mass is 10.0. The lowest BCUT2D eigenvalue weighted by Gasteiger charge is -2.21. The van der Waals surface area contributed by atoms with E-state index in [4.69, 9.17) is 30.8 Å². The van der Waals surface area contributed by atoms with Crippen molar-refractivity contribution < 1.29 is 14.4 Å². The van der Waals surface area contributed by atoms with Gasteiger partial charge in [0.15, 0.2) is 5.82 Å². The number of aliphatic hydroxyl groups excluding tert-OH is 1. The summed E-state index contributed by atoms with van der Waals surface area (Å²) < 4.78 is 11.3. The van der Waals surface area contributed by atoms with Crippen molar-refractivity contribution in [2.75, 3.05) is 25.1 Å². The summed E-state index contributed by atoms with van der Waals surface area (Å²) in [5, 5.41) is 17.6. The van der Waals surface area contributed by atoms with E-state index < -0.39 is 6.10 Å². The van der Waals surface area contributed by atoms with Crippen molar-refractivity contribution in [1.82, 2.24) is 30.4 Å². The van der Waals surface area contributed by atoms with Crippen LogP contribution in [0.3, 0.4) is 0 Å². The molecule has 1 atom stereocenters. The number of nitrogens with one attached hydrogen (secondary N) is 1. The second-order valence-electron chi connectivity index (χ2n) is 9.01. The monoisotopic (exact) mass is 521 g/mol. The first-order valence-corrected chi connectivity index (χ1v) is 12.3. The highest BCUT2D eigenvalue weighted by atomic mass is 35.5. The summed E-state index contributed by atoms with van der Waals surface area (Å²) in [6.07, 6.45) is 2.76. The Kier molecular flexibility index (Phi) is 7.05. The third-order valence-corrected chi connectivity index (χ3v) is 6.62. The van der Waals surface area contributed by atoms with Crippen LogP contribution in [0.1, 0.15) is 28.4 Å². The molecule has 1 aliphatic heterocycles. The molecule has 0 saturated heterocycles. The number of rotatable bonds is 8. The Morgan fingerprint density at radius 2 is 1.86 bits per heavy atom. The molecule has 2 N–H and O–H groups in total. The Balaban J connectivity index is 1.60. The van der Waals surface area contributed by atoms with Gasteiger partial charge in [-0.15, -0.1) is 0 Å². The van der Waals surface area contributed by atoms with E-state index in [1.54, 1.807) is 37.6 Å². The van der Waals surface area contributed by atoms with Gasteiger partial charge in [0, 0.05) is 30.1 Å². The predicted molar refractivity (Wildman–Crippen MR) is 140 cm³/mol. The SMILES string of the molecule is CNC[C@@H](O)COc1ccc(Cl)c(-c2nc(-c3c(C)noc3C)c(C)c(N3Cc4nccnc4C3)n2)c1. The summed E-state index contributed by atoms with van der Waals surface area (Å²) >= 11 is 6.65.